The van der Waals surface area contributed by atoms with E-state index in [0.29, 0.717) is 17.9 Å². The number of rotatable bonds is 5. The molecule has 1 atom stereocenters. The van der Waals surface area contributed by atoms with Gasteiger partial charge < -0.3 is 9.47 Å². The molecular formula is C15H22O3. The first-order valence-corrected chi connectivity index (χ1v) is 6.20. The van der Waals surface area contributed by atoms with E-state index in [9.17, 15) is 4.79 Å². The third-order valence-corrected chi connectivity index (χ3v) is 2.73. The van der Waals surface area contributed by atoms with Crippen LogP contribution < -0.4 is 4.74 Å². The Morgan fingerprint density at radius 3 is 2.39 bits per heavy atom. The molecule has 0 N–H and O–H groups in total. The minimum absolute atomic E-state index is 0.0261. The number of hydrogen-bond donors (Lipinski definition) is 0. The van der Waals surface area contributed by atoms with Gasteiger partial charge in [-0.15, -0.1) is 0 Å². The second-order valence-corrected chi connectivity index (χ2v) is 5.27. The smallest absolute Gasteiger partial charge is 0.195 e. The summed E-state index contributed by atoms with van der Waals surface area (Å²) >= 11 is 0. The molecule has 0 aliphatic rings. The van der Waals surface area contributed by atoms with E-state index < -0.39 is 6.10 Å². The summed E-state index contributed by atoms with van der Waals surface area (Å²) in [6.45, 7) is 8.42. The molecule has 1 aromatic carbocycles. The molecule has 0 aliphatic carbocycles. The number of Topliss-reactive ketones (excluding diaryl/α,β-unsaturated/α-hetero) is 1. The van der Waals surface area contributed by atoms with Gasteiger partial charge in [-0.05, 0) is 24.5 Å². The lowest BCUT2D eigenvalue weighted by atomic mass is 9.84. The Balaban J connectivity index is 3.10. The molecule has 0 amide bonds. The highest BCUT2D eigenvalue weighted by Gasteiger charge is 2.33. The third kappa shape index (κ3) is 3.33. The molecule has 0 aliphatic heterocycles. The van der Waals surface area contributed by atoms with Crippen LogP contribution in [-0.2, 0) is 4.74 Å². The molecule has 0 fully saturated rings. The van der Waals surface area contributed by atoms with Crippen molar-refractivity contribution in [3.05, 3.63) is 29.8 Å². The van der Waals surface area contributed by atoms with E-state index in [1.807, 2.05) is 39.8 Å². The molecule has 1 aromatic rings. The molecule has 0 saturated heterocycles. The van der Waals surface area contributed by atoms with Crippen LogP contribution in [-0.4, -0.2) is 25.6 Å². The molecule has 18 heavy (non-hydrogen) atoms. The van der Waals surface area contributed by atoms with E-state index in [2.05, 4.69) is 0 Å². The van der Waals surface area contributed by atoms with Crippen LogP contribution in [0, 0.1) is 5.41 Å². The average molecular weight is 250 g/mol. The van der Waals surface area contributed by atoms with Gasteiger partial charge in [-0.25, -0.2) is 0 Å². The number of ketones is 1. The van der Waals surface area contributed by atoms with E-state index in [1.165, 1.54) is 0 Å². The SMILES string of the molecule is CCOC(C(=O)c1ccccc1OC)C(C)(C)C. The van der Waals surface area contributed by atoms with Crippen LogP contribution in [0.25, 0.3) is 0 Å². The second-order valence-electron chi connectivity index (χ2n) is 5.27. The first kappa shape index (κ1) is 14.7. The van der Waals surface area contributed by atoms with Crippen molar-refractivity contribution in [2.75, 3.05) is 13.7 Å². The van der Waals surface area contributed by atoms with Crippen LogP contribution in [0.2, 0.25) is 0 Å². The number of para-hydroxylation sites is 1. The van der Waals surface area contributed by atoms with Crippen molar-refractivity contribution in [1.29, 1.82) is 0 Å². The standard InChI is InChI=1S/C15H22O3/c1-6-18-14(15(2,3)4)13(16)11-9-7-8-10-12(11)17-5/h7-10,14H,6H2,1-5H3. The third-order valence-electron chi connectivity index (χ3n) is 2.73. The molecule has 1 rings (SSSR count). The van der Waals surface area contributed by atoms with Gasteiger partial charge >= 0.3 is 0 Å². The fourth-order valence-electron chi connectivity index (χ4n) is 1.88. The lowest BCUT2D eigenvalue weighted by Gasteiger charge is -2.29. The Labute approximate surface area is 109 Å². The predicted octanol–water partition coefficient (Wildman–Crippen LogP) is 3.33. The highest BCUT2D eigenvalue weighted by Crippen LogP contribution is 2.28. The fraction of sp³-hybridized carbons (Fsp3) is 0.533. The predicted molar refractivity (Wildman–Crippen MR) is 72.2 cm³/mol. The molecule has 0 saturated carbocycles. The van der Waals surface area contributed by atoms with Crippen LogP contribution in [0.1, 0.15) is 38.1 Å². The maximum Gasteiger partial charge on any atom is 0.195 e. The van der Waals surface area contributed by atoms with Gasteiger partial charge in [0.05, 0.1) is 12.7 Å². The Bertz CT molecular complexity index is 404. The average Bonchev–Trinajstić information content (AvgIpc) is 2.33. The highest BCUT2D eigenvalue weighted by molar-refractivity contribution is 6.02. The lowest BCUT2D eigenvalue weighted by Crippen LogP contribution is -2.37. The van der Waals surface area contributed by atoms with Gasteiger partial charge in [0, 0.05) is 6.61 Å². The number of benzene rings is 1. The molecule has 3 heteroatoms. The van der Waals surface area contributed by atoms with Crippen molar-refractivity contribution < 1.29 is 14.3 Å². The van der Waals surface area contributed by atoms with Gasteiger partial charge in [-0.1, -0.05) is 32.9 Å². The van der Waals surface area contributed by atoms with Crippen LogP contribution in [0.3, 0.4) is 0 Å². The zero-order valence-corrected chi connectivity index (χ0v) is 11.8. The quantitative estimate of drug-likeness (QED) is 0.752. The molecule has 0 aromatic heterocycles. The van der Waals surface area contributed by atoms with E-state index in [4.69, 9.17) is 9.47 Å². The van der Waals surface area contributed by atoms with Crippen molar-refractivity contribution >= 4 is 5.78 Å². The van der Waals surface area contributed by atoms with Crippen LogP contribution in [0.5, 0.6) is 5.75 Å². The number of ether oxygens (including phenoxy) is 2. The van der Waals surface area contributed by atoms with Gasteiger partial charge in [-0.3, -0.25) is 4.79 Å². The van der Waals surface area contributed by atoms with Crippen LogP contribution in [0.4, 0.5) is 0 Å². The number of carbonyl (C=O) groups excluding carboxylic acids is 1. The molecule has 0 spiro atoms. The number of carbonyl (C=O) groups is 1. The van der Waals surface area contributed by atoms with Crippen molar-refractivity contribution in [2.24, 2.45) is 5.41 Å². The summed E-state index contributed by atoms with van der Waals surface area (Å²) in [6.07, 6.45) is -0.459. The van der Waals surface area contributed by atoms with E-state index in [-0.39, 0.29) is 11.2 Å². The minimum atomic E-state index is -0.459. The molecule has 0 heterocycles. The summed E-state index contributed by atoms with van der Waals surface area (Å²) in [4.78, 5) is 12.6. The van der Waals surface area contributed by atoms with Crippen molar-refractivity contribution in [3.8, 4) is 5.75 Å². The van der Waals surface area contributed by atoms with Gasteiger partial charge in [0.2, 0.25) is 0 Å². The maximum atomic E-state index is 12.6. The zero-order chi connectivity index (χ0) is 13.8. The van der Waals surface area contributed by atoms with E-state index >= 15 is 0 Å². The summed E-state index contributed by atoms with van der Waals surface area (Å²) < 4.78 is 10.8. The monoisotopic (exact) mass is 250 g/mol. The van der Waals surface area contributed by atoms with Crippen molar-refractivity contribution in [2.45, 2.75) is 33.8 Å². The van der Waals surface area contributed by atoms with E-state index in [1.54, 1.807) is 19.2 Å². The molecule has 3 nitrogen and oxygen atoms in total. The fourth-order valence-corrected chi connectivity index (χ4v) is 1.88. The minimum Gasteiger partial charge on any atom is -0.496 e. The molecular weight excluding hydrogens is 228 g/mol. The summed E-state index contributed by atoms with van der Waals surface area (Å²) in [5.74, 6) is 0.568. The number of methoxy groups -OCH3 is 1. The van der Waals surface area contributed by atoms with Crippen molar-refractivity contribution in [1.82, 2.24) is 0 Å². The first-order chi connectivity index (χ1) is 8.41. The Morgan fingerprint density at radius 1 is 1.28 bits per heavy atom. The van der Waals surface area contributed by atoms with Crippen molar-refractivity contribution in [3.63, 3.8) is 0 Å². The van der Waals surface area contributed by atoms with Gasteiger partial charge in [-0.2, -0.15) is 0 Å². The van der Waals surface area contributed by atoms with Gasteiger partial charge in [0.15, 0.2) is 5.78 Å². The summed E-state index contributed by atoms with van der Waals surface area (Å²) in [7, 11) is 1.57. The Hall–Kier alpha value is -1.35. The van der Waals surface area contributed by atoms with Crippen LogP contribution >= 0.6 is 0 Å². The topological polar surface area (TPSA) is 35.5 Å². The molecule has 100 valence electrons. The summed E-state index contributed by atoms with van der Waals surface area (Å²) in [5.41, 5.74) is 0.335. The van der Waals surface area contributed by atoms with E-state index in [0.717, 1.165) is 0 Å². The van der Waals surface area contributed by atoms with Gasteiger partial charge in [0.25, 0.3) is 0 Å². The second kappa shape index (κ2) is 6.01. The summed E-state index contributed by atoms with van der Waals surface area (Å²) in [5, 5.41) is 0. The normalized spacial score (nSPS) is 13.2. The summed E-state index contributed by atoms with van der Waals surface area (Å²) in [6, 6.07) is 7.25. The molecule has 0 radical (unpaired) electrons. The first-order valence-electron chi connectivity index (χ1n) is 6.20. The maximum absolute atomic E-state index is 12.6. The molecule has 0 bridgehead atoms. The Morgan fingerprint density at radius 2 is 1.89 bits per heavy atom. The largest absolute Gasteiger partial charge is 0.496 e. The lowest BCUT2D eigenvalue weighted by molar-refractivity contribution is -0.000382. The zero-order valence-electron chi connectivity index (χ0n) is 11.8. The highest BCUT2D eigenvalue weighted by atomic mass is 16.5. The number of hydrogen-bond acceptors (Lipinski definition) is 3. The van der Waals surface area contributed by atoms with Crippen LogP contribution in [0.15, 0.2) is 24.3 Å². The van der Waals surface area contributed by atoms with Gasteiger partial charge in [0.1, 0.15) is 11.9 Å². The molecule has 1 unspecified atom stereocenters. The Kier molecular flexibility index (Phi) is 4.91.